The predicted molar refractivity (Wildman–Crippen MR) is 118 cm³/mol. The molecule has 0 aromatic heterocycles. The highest BCUT2D eigenvalue weighted by Gasteiger charge is 2.52. The summed E-state index contributed by atoms with van der Waals surface area (Å²) in [7, 11) is 0. The molecule has 0 saturated heterocycles. The first-order chi connectivity index (χ1) is 13.3. The number of nitrogens with zero attached hydrogens (tertiary/aromatic N) is 2. The molecule has 2 aromatic carbocycles. The van der Waals surface area contributed by atoms with Crippen LogP contribution in [0.4, 0.5) is 0 Å². The Labute approximate surface area is 179 Å². The molecule has 3 nitrogen and oxygen atoms in total. The van der Waals surface area contributed by atoms with Crippen LogP contribution in [-0.4, -0.2) is 16.4 Å². The van der Waals surface area contributed by atoms with E-state index in [1.165, 1.54) is 11.8 Å². The summed E-state index contributed by atoms with van der Waals surface area (Å²) in [4.78, 5) is 19.8. The number of fused-ring (bicyclic) bond motifs is 1. The van der Waals surface area contributed by atoms with Gasteiger partial charge in [0.2, 0.25) is 0 Å². The third-order valence-corrected chi connectivity index (χ3v) is 6.81. The van der Waals surface area contributed by atoms with Gasteiger partial charge in [-0.2, -0.15) is 0 Å². The van der Waals surface area contributed by atoms with Crippen molar-refractivity contribution in [2.45, 2.75) is 32.4 Å². The lowest BCUT2D eigenvalue weighted by atomic mass is 9.81. The van der Waals surface area contributed by atoms with Crippen molar-refractivity contribution in [3.05, 3.63) is 80.3 Å². The first-order valence-electron chi connectivity index (χ1n) is 9.13. The highest BCUT2D eigenvalue weighted by molar-refractivity contribution is 8.18. The minimum Gasteiger partial charge on any atom is -0.313 e. The van der Waals surface area contributed by atoms with Crippen LogP contribution in [0.15, 0.2) is 64.1 Å². The van der Waals surface area contributed by atoms with Crippen molar-refractivity contribution in [3.63, 3.8) is 0 Å². The Balaban J connectivity index is 1.91. The molecule has 28 heavy (non-hydrogen) atoms. The summed E-state index contributed by atoms with van der Waals surface area (Å²) in [5.41, 5.74) is 2.69. The van der Waals surface area contributed by atoms with Crippen LogP contribution in [0.5, 0.6) is 0 Å². The fourth-order valence-corrected chi connectivity index (χ4v) is 5.51. The van der Waals surface area contributed by atoms with Crippen molar-refractivity contribution < 1.29 is 4.79 Å². The van der Waals surface area contributed by atoms with E-state index < -0.39 is 5.54 Å². The molecular formula is C22H20Cl2N2OS. The first-order valence-corrected chi connectivity index (χ1v) is 10.7. The van der Waals surface area contributed by atoms with E-state index >= 15 is 0 Å². The molecule has 2 heterocycles. The summed E-state index contributed by atoms with van der Waals surface area (Å²) >= 11 is 13.7. The summed E-state index contributed by atoms with van der Waals surface area (Å²) in [6.07, 6.45) is 0.944. The van der Waals surface area contributed by atoms with Gasteiger partial charge in [-0.15, -0.1) is 0 Å². The van der Waals surface area contributed by atoms with Gasteiger partial charge in [0, 0.05) is 15.7 Å². The van der Waals surface area contributed by atoms with E-state index in [-0.39, 0.29) is 12.0 Å². The van der Waals surface area contributed by atoms with Gasteiger partial charge < -0.3 is 4.90 Å². The van der Waals surface area contributed by atoms with E-state index in [1.54, 1.807) is 0 Å². The number of benzene rings is 2. The Bertz CT molecular complexity index is 983. The third-order valence-electron chi connectivity index (χ3n) is 5.31. The second-order valence-electron chi connectivity index (χ2n) is 7.50. The molecule has 0 N–H and O–H groups in total. The zero-order valence-electron chi connectivity index (χ0n) is 15.8. The van der Waals surface area contributed by atoms with Gasteiger partial charge in [0.05, 0.1) is 10.9 Å². The van der Waals surface area contributed by atoms with Gasteiger partial charge in [-0.3, -0.25) is 4.79 Å². The Hall–Kier alpha value is -1.75. The van der Waals surface area contributed by atoms with Crippen LogP contribution in [0, 0.1) is 5.92 Å². The maximum absolute atomic E-state index is 11.7. The van der Waals surface area contributed by atoms with E-state index in [4.69, 9.17) is 28.2 Å². The number of hydrogen-bond donors (Lipinski definition) is 0. The molecule has 0 spiro atoms. The van der Waals surface area contributed by atoms with Gasteiger partial charge >= 0.3 is 0 Å². The second-order valence-corrected chi connectivity index (χ2v) is 9.38. The number of allylic oxidation sites excluding steroid dienone is 2. The van der Waals surface area contributed by atoms with E-state index in [1.807, 2.05) is 48.5 Å². The minimum atomic E-state index is -0.519. The Morgan fingerprint density at radius 3 is 2.18 bits per heavy atom. The van der Waals surface area contributed by atoms with Crippen molar-refractivity contribution in [1.82, 2.24) is 4.90 Å². The lowest BCUT2D eigenvalue weighted by molar-refractivity contribution is -0.104. The average molecular weight is 431 g/mol. The van der Waals surface area contributed by atoms with Crippen molar-refractivity contribution in [1.29, 1.82) is 0 Å². The van der Waals surface area contributed by atoms with Crippen LogP contribution in [0.3, 0.4) is 0 Å². The number of aldehydes is 1. The molecule has 6 heteroatoms. The van der Waals surface area contributed by atoms with Crippen molar-refractivity contribution >= 4 is 46.4 Å². The highest BCUT2D eigenvalue weighted by atomic mass is 35.5. The predicted octanol–water partition coefficient (Wildman–Crippen LogP) is 6.43. The van der Waals surface area contributed by atoms with Crippen LogP contribution in [0.2, 0.25) is 10.0 Å². The first kappa shape index (κ1) is 19.6. The summed E-state index contributed by atoms with van der Waals surface area (Å²) < 4.78 is 0. The fourth-order valence-electron chi connectivity index (χ4n) is 4.03. The molecule has 2 atom stereocenters. The molecule has 0 unspecified atom stereocenters. The molecule has 2 aromatic rings. The lowest BCUT2D eigenvalue weighted by Crippen LogP contribution is -2.35. The highest BCUT2D eigenvalue weighted by Crippen LogP contribution is 2.55. The van der Waals surface area contributed by atoms with Gasteiger partial charge in [-0.05, 0) is 60.0 Å². The molecule has 0 saturated carbocycles. The molecule has 2 aliphatic heterocycles. The van der Waals surface area contributed by atoms with Crippen LogP contribution in [-0.2, 0) is 10.3 Å². The Morgan fingerprint density at radius 1 is 1.07 bits per heavy atom. The molecule has 4 rings (SSSR count). The number of halogens is 2. The standard InChI is InChI=1S/C22H20Cl2N2OS/c1-13(2)19-18(12-27)28-21-25-22(3,15-6-10-17(24)11-7-15)20(26(19)21)14-4-8-16(23)9-5-14/h4-13,20H,1-3H3/t20-,22+/m1/s1. The van der Waals surface area contributed by atoms with Gasteiger partial charge in [-0.25, -0.2) is 4.99 Å². The summed E-state index contributed by atoms with van der Waals surface area (Å²) in [5, 5.41) is 2.25. The van der Waals surface area contributed by atoms with E-state index in [2.05, 4.69) is 25.7 Å². The van der Waals surface area contributed by atoms with Crippen LogP contribution in [0.1, 0.15) is 37.9 Å². The summed E-state index contributed by atoms with van der Waals surface area (Å²) in [6, 6.07) is 15.7. The normalized spacial score (nSPS) is 24.0. The van der Waals surface area contributed by atoms with Crippen LogP contribution < -0.4 is 0 Å². The zero-order chi connectivity index (χ0) is 20.1. The van der Waals surface area contributed by atoms with Gasteiger partial charge in [0.1, 0.15) is 5.54 Å². The zero-order valence-corrected chi connectivity index (χ0v) is 18.1. The van der Waals surface area contributed by atoms with Gasteiger partial charge in [-0.1, -0.05) is 61.3 Å². The molecule has 0 amide bonds. The number of carbonyl (C=O) groups is 1. The summed E-state index contributed by atoms with van der Waals surface area (Å²) in [6.45, 7) is 6.36. The van der Waals surface area contributed by atoms with Crippen LogP contribution in [0.25, 0.3) is 0 Å². The fraction of sp³-hybridized carbons (Fsp3) is 0.273. The maximum Gasteiger partial charge on any atom is 0.170 e. The van der Waals surface area contributed by atoms with Crippen molar-refractivity contribution in [2.75, 3.05) is 0 Å². The average Bonchev–Trinajstić information content (AvgIpc) is 3.15. The van der Waals surface area contributed by atoms with Crippen molar-refractivity contribution in [2.24, 2.45) is 10.9 Å². The molecule has 0 aliphatic carbocycles. The molecule has 0 fully saturated rings. The quantitative estimate of drug-likeness (QED) is 0.523. The molecule has 2 aliphatic rings. The SMILES string of the molecule is CC(C)C1=C(C=O)SC2=N[C@@](C)(c3ccc(Cl)cc3)[C@@H](c3ccc(Cl)cc3)N21. The number of thioether (sulfide) groups is 1. The summed E-state index contributed by atoms with van der Waals surface area (Å²) in [5.74, 6) is 0.197. The number of hydrogen-bond acceptors (Lipinski definition) is 4. The Morgan fingerprint density at radius 2 is 1.64 bits per heavy atom. The van der Waals surface area contributed by atoms with Crippen LogP contribution >= 0.6 is 35.0 Å². The number of carbonyl (C=O) groups excluding carboxylic acids is 1. The van der Waals surface area contributed by atoms with E-state index in [9.17, 15) is 4.79 Å². The molecule has 0 bridgehead atoms. The van der Waals surface area contributed by atoms with Gasteiger partial charge in [0.15, 0.2) is 11.5 Å². The number of aliphatic imine (C=N–C) groups is 1. The molecular weight excluding hydrogens is 411 g/mol. The molecule has 144 valence electrons. The van der Waals surface area contributed by atoms with E-state index in [0.29, 0.717) is 10.0 Å². The largest absolute Gasteiger partial charge is 0.313 e. The molecule has 0 radical (unpaired) electrons. The second kappa shape index (κ2) is 7.25. The number of rotatable bonds is 4. The monoisotopic (exact) mass is 430 g/mol. The lowest BCUT2D eigenvalue weighted by Gasteiger charge is -2.37. The minimum absolute atomic E-state index is 0.0803. The topological polar surface area (TPSA) is 32.7 Å². The van der Waals surface area contributed by atoms with E-state index in [0.717, 1.165) is 33.2 Å². The smallest absolute Gasteiger partial charge is 0.170 e. The maximum atomic E-state index is 11.7. The van der Waals surface area contributed by atoms with Crippen molar-refractivity contribution in [3.8, 4) is 0 Å². The third kappa shape index (κ3) is 3.08. The van der Waals surface area contributed by atoms with Gasteiger partial charge in [0.25, 0.3) is 0 Å². The Kier molecular flexibility index (Phi) is 5.07. The number of amidine groups is 1.